The number of hydrogen-bond acceptors (Lipinski definition) is 4. The van der Waals surface area contributed by atoms with Gasteiger partial charge in [-0.3, -0.25) is 9.59 Å². The van der Waals surface area contributed by atoms with Crippen LogP contribution in [-0.2, 0) is 4.79 Å². The highest BCUT2D eigenvalue weighted by molar-refractivity contribution is 5.94. The Labute approximate surface area is 116 Å². The van der Waals surface area contributed by atoms with E-state index in [4.69, 9.17) is 10.4 Å². The van der Waals surface area contributed by atoms with Gasteiger partial charge in [0.15, 0.2) is 0 Å². The third-order valence-corrected chi connectivity index (χ3v) is 3.44. The van der Waals surface area contributed by atoms with Crippen LogP contribution < -0.4 is 0 Å². The van der Waals surface area contributed by atoms with Crippen LogP contribution in [0.2, 0.25) is 0 Å². The number of nitriles is 1. The second kappa shape index (κ2) is 6.15. The van der Waals surface area contributed by atoms with Crippen LogP contribution in [0.25, 0.3) is 0 Å². The predicted octanol–water partition coefficient (Wildman–Crippen LogP) is 1.42. The molecule has 0 atom stereocenters. The van der Waals surface area contributed by atoms with E-state index in [2.05, 4.69) is 4.98 Å². The standard InChI is InChI=1S/C14H15N3O3/c15-7-10-5-6-12(16-8-10)14(20)17(9-13(18)19)11-3-1-2-4-11/h5-6,8,11H,1-4,9H2,(H,18,19). The Morgan fingerprint density at radius 1 is 1.40 bits per heavy atom. The van der Waals surface area contributed by atoms with Crippen LogP contribution in [0.1, 0.15) is 41.7 Å². The molecule has 0 unspecified atom stereocenters. The van der Waals surface area contributed by atoms with Gasteiger partial charge >= 0.3 is 5.97 Å². The third kappa shape index (κ3) is 3.12. The molecular weight excluding hydrogens is 258 g/mol. The molecule has 6 nitrogen and oxygen atoms in total. The van der Waals surface area contributed by atoms with Crippen molar-refractivity contribution in [2.75, 3.05) is 6.54 Å². The first-order valence-electron chi connectivity index (χ1n) is 6.50. The number of carboxylic acids is 1. The molecule has 0 spiro atoms. The number of rotatable bonds is 4. The summed E-state index contributed by atoms with van der Waals surface area (Å²) in [4.78, 5) is 28.7. The van der Waals surface area contributed by atoms with Crippen molar-refractivity contribution >= 4 is 11.9 Å². The van der Waals surface area contributed by atoms with Gasteiger partial charge in [0.05, 0.1) is 5.56 Å². The fourth-order valence-corrected chi connectivity index (χ4v) is 2.46. The first-order chi connectivity index (χ1) is 9.61. The van der Waals surface area contributed by atoms with Gasteiger partial charge in [-0.1, -0.05) is 12.8 Å². The molecule has 1 N–H and O–H groups in total. The third-order valence-electron chi connectivity index (χ3n) is 3.44. The summed E-state index contributed by atoms with van der Waals surface area (Å²) in [5.41, 5.74) is 0.546. The molecule has 6 heteroatoms. The maximum absolute atomic E-state index is 12.4. The SMILES string of the molecule is N#Cc1ccc(C(=O)N(CC(=O)O)C2CCCC2)nc1. The topological polar surface area (TPSA) is 94.3 Å². The maximum Gasteiger partial charge on any atom is 0.323 e. The summed E-state index contributed by atoms with van der Waals surface area (Å²) < 4.78 is 0. The number of nitrogens with zero attached hydrogens (tertiary/aromatic N) is 3. The zero-order valence-electron chi connectivity index (χ0n) is 11.0. The van der Waals surface area contributed by atoms with E-state index in [-0.39, 0.29) is 24.2 Å². The minimum absolute atomic E-state index is 0.0314. The molecule has 1 aliphatic rings. The summed E-state index contributed by atoms with van der Waals surface area (Å²) in [5.74, 6) is -1.41. The molecule has 1 heterocycles. The molecule has 1 saturated carbocycles. The summed E-state index contributed by atoms with van der Waals surface area (Å²) in [7, 11) is 0. The number of carboxylic acid groups (broad SMARTS) is 1. The Hall–Kier alpha value is -2.42. The Balaban J connectivity index is 2.20. The lowest BCUT2D eigenvalue weighted by atomic mass is 10.2. The molecule has 0 saturated heterocycles. The van der Waals surface area contributed by atoms with Gasteiger partial charge in [-0.2, -0.15) is 5.26 Å². The first kappa shape index (κ1) is 14.0. The Morgan fingerprint density at radius 3 is 2.60 bits per heavy atom. The van der Waals surface area contributed by atoms with Crippen molar-refractivity contribution in [3.05, 3.63) is 29.6 Å². The molecule has 0 aromatic carbocycles. The molecule has 0 aliphatic heterocycles. The lowest BCUT2D eigenvalue weighted by molar-refractivity contribution is -0.138. The molecule has 20 heavy (non-hydrogen) atoms. The summed E-state index contributed by atoms with van der Waals surface area (Å²) >= 11 is 0. The lowest BCUT2D eigenvalue weighted by Gasteiger charge is -2.26. The quantitative estimate of drug-likeness (QED) is 0.895. The van der Waals surface area contributed by atoms with Gasteiger partial charge in [0.1, 0.15) is 18.3 Å². The fraction of sp³-hybridized carbons (Fsp3) is 0.429. The molecule has 104 valence electrons. The fourth-order valence-electron chi connectivity index (χ4n) is 2.46. The average molecular weight is 273 g/mol. The van der Waals surface area contributed by atoms with E-state index >= 15 is 0 Å². The highest BCUT2D eigenvalue weighted by atomic mass is 16.4. The summed E-state index contributed by atoms with van der Waals surface area (Å²) in [6.07, 6.45) is 5.00. The van der Waals surface area contributed by atoms with Crippen molar-refractivity contribution < 1.29 is 14.7 Å². The number of pyridine rings is 1. The number of aliphatic carboxylic acids is 1. The number of hydrogen-bond donors (Lipinski definition) is 1. The van der Waals surface area contributed by atoms with Crippen molar-refractivity contribution in [2.24, 2.45) is 0 Å². The number of amides is 1. The van der Waals surface area contributed by atoms with E-state index in [1.54, 1.807) is 0 Å². The van der Waals surface area contributed by atoms with Crippen molar-refractivity contribution in [1.82, 2.24) is 9.88 Å². The minimum Gasteiger partial charge on any atom is -0.480 e. The molecule has 1 aromatic heterocycles. The largest absolute Gasteiger partial charge is 0.480 e. The van der Waals surface area contributed by atoms with E-state index in [1.807, 2.05) is 6.07 Å². The van der Waals surface area contributed by atoms with Gasteiger partial charge in [0.2, 0.25) is 0 Å². The predicted molar refractivity (Wildman–Crippen MR) is 69.9 cm³/mol. The van der Waals surface area contributed by atoms with Gasteiger partial charge < -0.3 is 10.0 Å². The van der Waals surface area contributed by atoms with E-state index in [9.17, 15) is 9.59 Å². The molecule has 1 aromatic rings. The van der Waals surface area contributed by atoms with Crippen LogP contribution in [0.5, 0.6) is 0 Å². The zero-order valence-corrected chi connectivity index (χ0v) is 11.0. The first-order valence-corrected chi connectivity index (χ1v) is 6.50. The molecule has 2 rings (SSSR count). The van der Waals surface area contributed by atoms with Crippen LogP contribution in [0, 0.1) is 11.3 Å². The van der Waals surface area contributed by atoms with E-state index < -0.39 is 5.97 Å². The molecule has 1 fully saturated rings. The highest BCUT2D eigenvalue weighted by Gasteiger charge is 2.29. The Morgan fingerprint density at radius 2 is 2.10 bits per heavy atom. The second-order valence-electron chi connectivity index (χ2n) is 4.81. The lowest BCUT2D eigenvalue weighted by Crippen LogP contribution is -2.42. The summed E-state index contributed by atoms with van der Waals surface area (Å²) in [6, 6.07) is 4.87. The molecule has 1 aliphatic carbocycles. The van der Waals surface area contributed by atoms with Gasteiger partial charge in [-0.15, -0.1) is 0 Å². The second-order valence-corrected chi connectivity index (χ2v) is 4.81. The average Bonchev–Trinajstić information content (AvgIpc) is 2.98. The van der Waals surface area contributed by atoms with Gasteiger partial charge in [0, 0.05) is 12.2 Å². The van der Waals surface area contributed by atoms with E-state index in [1.165, 1.54) is 23.2 Å². The highest BCUT2D eigenvalue weighted by Crippen LogP contribution is 2.24. The molecule has 0 radical (unpaired) electrons. The van der Waals surface area contributed by atoms with Crippen molar-refractivity contribution in [3.8, 4) is 6.07 Å². The van der Waals surface area contributed by atoms with Crippen molar-refractivity contribution in [3.63, 3.8) is 0 Å². The van der Waals surface area contributed by atoms with Crippen LogP contribution >= 0.6 is 0 Å². The van der Waals surface area contributed by atoms with Crippen molar-refractivity contribution in [1.29, 1.82) is 5.26 Å². The normalized spacial score (nSPS) is 14.8. The minimum atomic E-state index is -1.03. The van der Waals surface area contributed by atoms with Gasteiger partial charge in [-0.25, -0.2) is 4.98 Å². The van der Waals surface area contributed by atoms with Crippen LogP contribution in [0.4, 0.5) is 0 Å². The Kier molecular flexibility index (Phi) is 4.31. The maximum atomic E-state index is 12.4. The zero-order chi connectivity index (χ0) is 14.5. The van der Waals surface area contributed by atoms with Gasteiger partial charge in [0.25, 0.3) is 5.91 Å². The van der Waals surface area contributed by atoms with Crippen LogP contribution in [0.15, 0.2) is 18.3 Å². The van der Waals surface area contributed by atoms with E-state index in [0.717, 1.165) is 25.7 Å². The summed E-state index contributed by atoms with van der Waals surface area (Å²) in [6.45, 7) is -0.314. The van der Waals surface area contributed by atoms with Crippen LogP contribution in [-0.4, -0.2) is 39.5 Å². The van der Waals surface area contributed by atoms with Crippen molar-refractivity contribution in [2.45, 2.75) is 31.7 Å². The smallest absolute Gasteiger partial charge is 0.323 e. The number of aromatic nitrogens is 1. The molecular formula is C14H15N3O3. The number of carbonyl (C=O) groups excluding carboxylic acids is 1. The molecule has 1 amide bonds. The summed E-state index contributed by atoms with van der Waals surface area (Å²) in [5, 5.41) is 17.7. The monoisotopic (exact) mass is 273 g/mol. The van der Waals surface area contributed by atoms with Crippen LogP contribution in [0.3, 0.4) is 0 Å². The number of carbonyl (C=O) groups is 2. The van der Waals surface area contributed by atoms with Gasteiger partial charge in [-0.05, 0) is 25.0 Å². The Bertz CT molecular complexity index is 542. The molecule has 0 bridgehead atoms. The van der Waals surface area contributed by atoms with E-state index in [0.29, 0.717) is 5.56 Å².